The Morgan fingerprint density at radius 3 is 2.75 bits per heavy atom. The van der Waals surface area contributed by atoms with Crippen LogP contribution in [0.4, 0.5) is 11.5 Å². The van der Waals surface area contributed by atoms with Crippen molar-refractivity contribution in [3.8, 4) is 0 Å². The summed E-state index contributed by atoms with van der Waals surface area (Å²) in [6.07, 6.45) is 4.91. The molecule has 2 heterocycles. The molecule has 0 N–H and O–H groups in total. The van der Waals surface area contributed by atoms with Crippen LogP contribution in [-0.2, 0) is 4.79 Å². The molecule has 0 unspecified atom stereocenters. The molecule has 28 heavy (non-hydrogen) atoms. The first kappa shape index (κ1) is 19.5. The smallest absolute Gasteiger partial charge is 0.276 e. The lowest BCUT2D eigenvalue weighted by Gasteiger charge is -2.11. The molecule has 1 amide bonds. The molecule has 1 aromatic heterocycles. The van der Waals surface area contributed by atoms with Crippen molar-refractivity contribution in [3.05, 3.63) is 80.9 Å². The fourth-order valence-corrected chi connectivity index (χ4v) is 3.61. The summed E-state index contributed by atoms with van der Waals surface area (Å²) in [5, 5.41) is 11.7. The topological polar surface area (TPSA) is 88.7 Å². The molecule has 1 aromatic carbocycles. The van der Waals surface area contributed by atoms with Crippen molar-refractivity contribution < 1.29 is 9.72 Å². The summed E-state index contributed by atoms with van der Waals surface area (Å²) >= 11 is 1.26. The van der Waals surface area contributed by atoms with Gasteiger partial charge in [-0.3, -0.25) is 19.8 Å². The maximum absolute atomic E-state index is 12.6. The minimum Gasteiger partial charge on any atom is -0.287 e. The molecule has 1 aliphatic rings. The fourth-order valence-electron chi connectivity index (χ4n) is 2.61. The Labute approximate surface area is 166 Å². The van der Waals surface area contributed by atoms with Crippen molar-refractivity contribution in [2.75, 3.05) is 6.54 Å². The van der Waals surface area contributed by atoms with Gasteiger partial charge in [-0.05, 0) is 56.0 Å². The number of aliphatic imine (C=N–C) groups is 1. The third kappa shape index (κ3) is 4.34. The van der Waals surface area contributed by atoms with Crippen LogP contribution in [0.3, 0.4) is 0 Å². The van der Waals surface area contributed by atoms with Crippen LogP contribution in [0.15, 0.2) is 64.5 Å². The molecule has 1 aliphatic heterocycles. The number of aryl methyl sites for hydroxylation is 1. The van der Waals surface area contributed by atoms with Crippen molar-refractivity contribution in [1.29, 1.82) is 0 Å². The van der Waals surface area contributed by atoms with Crippen LogP contribution < -0.4 is 0 Å². The first-order chi connectivity index (χ1) is 13.5. The Kier molecular flexibility index (Phi) is 6.00. The number of hydrogen-bond acceptors (Lipinski definition) is 6. The number of nitrogens with zero attached hydrogens (tertiary/aromatic N) is 4. The van der Waals surface area contributed by atoms with E-state index in [-0.39, 0.29) is 11.6 Å². The Morgan fingerprint density at radius 2 is 2.04 bits per heavy atom. The Bertz CT molecular complexity index is 1010. The predicted octanol–water partition coefficient (Wildman–Crippen LogP) is 4.48. The molecule has 1 fully saturated rings. The highest BCUT2D eigenvalue weighted by molar-refractivity contribution is 8.18. The second-order valence-electron chi connectivity index (χ2n) is 5.89. The van der Waals surface area contributed by atoms with Gasteiger partial charge in [0.05, 0.1) is 15.4 Å². The number of para-hydroxylation sites is 1. The Balaban J connectivity index is 1.85. The summed E-state index contributed by atoms with van der Waals surface area (Å²) in [5.74, 6) is 0.400. The number of carbonyl (C=O) groups is 1. The lowest BCUT2D eigenvalue weighted by molar-refractivity contribution is -0.385. The third-order valence-corrected chi connectivity index (χ3v) is 4.97. The quantitative estimate of drug-likeness (QED) is 0.424. The lowest BCUT2D eigenvalue weighted by atomic mass is 10.1. The normalized spacial score (nSPS) is 17.2. The second kappa shape index (κ2) is 8.62. The zero-order chi connectivity index (χ0) is 20.1. The van der Waals surface area contributed by atoms with Crippen molar-refractivity contribution >= 4 is 40.4 Å². The molecule has 0 aliphatic carbocycles. The van der Waals surface area contributed by atoms with Gasteiger partial charge in [-0.15, -0.1) is 0 Å². The summed E-state index contributed by atoms with van der Waals surface area (Å²) in [7, 11) is 0. The van der Waals surface area contributed by atoms with Crippen molar-refractivity contribution in [2.45, 2.75) is 13.8 Å². The van der Waals surface area contributed by atoms with Crippen LogP contribution in [0.25, 0.3) is 6.08 Å². The van der Waals surface area contributed by atoms with Gasteiger partial charge in [0.2, 0.25) is 0 Å². The number of nitro groups is 1. The third-order valence-electron chi connectivity index (χ3n) is 3.94. The number of rotatable bonds is 5. The zero-order valence-electron chi connectivity index (χ0n) is 15.4. The van der Waals surface area contributed by atoms with Crippen molar-refractivity contribution in [2.24, 2.45) is 4.99 Å². The van der Waals surface area contributed by atoms with Gasteiger partial charge in [-0.25, -0.2) is 9.98 Å². The minimum absolute atomic E-state index is 0.0190. The van der Waals surface area contributed by atoms with Crippen molar-refractivity contribution in [3.63, 3.8) is 0 Å². The molecule has 0 atom stereocenters. The highest BCUT2D eigenvalue weighted by atomic mass is 32.2. The summed E-state index contributed by atoms with van der Waals surface area (Å²) < 4.78 is 0. The number of hydrogen-bond donors (Lipinski definition) is 0. The van der Waals surface area contributed by atoms with Gasteiger partial charge >= 0.3 is 0 Å². The van der Waals surface area contributed by atoms with Gasteiger partial charge in [0, 0.05) is 18.3 Å². The first-order valence-corrected chi connectivity index (χ1v) is 9.45. The first-order valence-electron chi connectivity index (χ1n) is 8.63. The summed E-state index contributed by atoms with van der Waals surface area (Å²) in [5.41, 5.74) is 1.35. The SMILES string of the molecule is CCN1C(=O)/C(=C/C=C/c2ccccc2[N+](=O)[O-])S/C1=N/c1cccc(C)n1. The molecular weight excluding hydrogens is 376 g/mol. The van der Waals surface area contributed by atoms with E-state index >= 15 is 0 Å². The van der Waals surface area contributed by atoms with Crippen LogP contribution in [-0.4, -0.2) is 32.4 Å². The van der Waals surface area contributed by atoms with Crippen LogP contribution >= 0.6 is 11.8 Å². The average Bonchev–Trinajstić information content (AvgIpc) is 2.96. The maximum Gasteiger partial charge on any atom is 0.276 e. The molecule has 0 spiro atoms. The van der Waals surface area contributed by atoms with E-state index in [1.54, 1.807) is 47.4 Å². The molecule has 142 valence electrons. The highest BCUT2D eigenvalue weighted by Gasteiger charge is 2.31. The van der Waals surface area contributed by atoms with E-state index in [1.165, 1.54) is 17.8 Å². The number of likely N-dealkylation sites (N-methyl/N-ethyl adjacent to an activating group) is 1. The Hall–Kier alpha value is -3.26. The summed E-state index contributed by atoms with van der Waals surface area (Å²) in [6, 6.07) is 12.0. The number of nitro benzene ring substituents is 1. The zero-order valence-corrected chi connectivity index (χ0v) is 16.2. The number of thioether (sulfide) groups is 1. The molecule has 8 heteroatoms. The Morgan fingerprint density at radius 1 is 1.25 bits per heavy atom. The van der Waals surface area contributed by atoms with Gasteiger partial charge in [-0.1, -0.05) is 24.3 Å². The molecule has 0 bridgehead atoms. The predicted molar refractivity (Wildman–Crippen MR) is 111 cm³/mol. The van der Waals surface area contributed by atoms with E-state index in [2.05, 4.69) is 9.98 Å². The number of pyridine rings is 1. The highest BCUT2D eigenvalue weighted by Crippen LogP contribution is 2.32. The van der Waals surface area contributed by atoms with Crippen LogP contribution in [0.5, 0.6) is 0 Å². The van der Waals surface area contributed by atoms with Crippen LogP contribution in [0.2, 0.25) is 0 Å². The van der Waals surface area contributed by atoms with E-state index in [0.29, 0.717) is 28.0 Å². The monoisotopic (exact) mass is 394 g/mol. The number of benzene rings is 1. The van der Waals surface area contributed by atoms with Gasteiger partial charge < -0.3 is 0 Å². The van der Waals surface area contributed by atoms with E-state index < -0.39 is 4.92 Å². The average molecular weight is 394 g/mol. The molecule has 0 saturated carbocycles. The minimum atomic E-state index is -0.430. The molecular formula is C20H18N4O3S. The van der Waals surface area contributed by atoms with E-state index in [1.807, 2.05) is 26.0 Å². The van der Waals surface area contributed by atoms with Gasteiger partial charge in [0.15, 0.2) is 11.0 Å². The van der Waals surface area contributed by atoms with Crippen molar-refractivity contribution in [1.82, 2.24) is 9.88 Å². The summed E-state index contributed by atoms with van der Waals surface area (Å²) in [6.45, 7) is 4.25. The van der Waals surface area contributed by atoms with Gasteiger partial charge in [0.25, 0.3) is 11.6 Å². The van der Waals surface area contributed by atoms with Gasteiger partial charge in [0.1, 0.15) is 0 Å². The molecule has 7 nitrogen and oxygen atoms in total. The molecule has 3 rings (SSSR count). The van der Waals surface area contributed by atoms with E-state index in [9.17, 15) is 14.9 Å². The largest absolute Gasteiger partial charge is 0.287 e. The second-order valence-corrected chi connectivity index (χ2v) is 6.90. The summed E-state index contributed by atoms with van der Waals surface area (Å²) in [4.78, 5) is 34.2. The number of carbonyl (C=O) groups excluding carboxylic acids is 1. The lowest BCUT2D eigenvalue weighted by Crippen LogP contribution is -2.28. The fraction of sp³-hybridized carbons (Fsp3) is 0.150. The molecule has 1 saturated heterocycles. The maximum atomic E-state index is 12.6. The van der Waals surface area contributed by atoms with Gasteiger partial charge in [-0.2, -0.15) is 0 Å². The number of amides is 1. The molecule has 0 radical (unpaired) electrons. The molecule has 2 aromatic rings. The van der Waals surface area contributed by atoms with Crippen LogP contribution in [0.1, 0.15) is 18.2 Å². The van der Waals surface area contributed by atoms with Crippen LogP contribution in [0, 0.1) is 17.0 Å². The van der Waals surface area contributed by atoms with E-state index in [4.69, 9.17) is 0 Å². The number of allylic oxidation sites excluding steroid dienone is 2. The van der Waals surface area contributed by atoms with E-state index in [0.717, 1.165) is 5.69 Å². The number of amidine groups is 1. The standard InChI is InChI=1S/C20H18N4O3S/c1-3-23-19(25)17(28-20(23)22-18-13-6-8-14(2)21-18)12-7-10-15-9-4-5-11-16(15)24(26)27/h4-13H,3H2,1-2H3/b10-7+,17-12-,22-20+. The number of aromatic nitrogens is 1.